The Hall–Kier alpha value is -0.170. The van der Waals surface area contributed by atoms with E-state index in [1.165, 1.54) is 57.6 Å². The zero-order valence-electron chi connectivity index (χ0n) is 20.4. The summed E-state index contributed by atoms with van der Waals surface area (Å²) in [5, 5.41) is 10.8. The summed E-state index contributed by atoms with van der Waals surface area (Å²) in [5.74, 6) is 2.90. The Bertz CT molecular complexity index is 910. The standard InChI is InChI=1S/C26H43NO4S.H2/c1-23(2)21-8-7-17-19-13-20-18(6-5-16(31-20)14-27-32(4,29)30)24(19,3)11-12-25(17)15-26(21,25)10-9-22(23)28;/h16-22,27-28H,5-15H2,1-4H3;1H/t16?,17?,18?,19?,20?,21?,22-,24?,25-,26?;/m0./s1. The molecule has 5 saturated carbocycles. The van der Waals surface area contributed by atoms with Crippen LogP contribution < -0.4 is 4.72 Å². The van der Waals surface area contributed by atoms with Crippen molar-refractivity contribution in [3.05, 3.63) is 0 Å². The summed E-state index contributed by atoms with van der Waals surface area (Å²) >= 11 is 0. The molecule has 6 heteroatoms. The lowest BCUT2D eigenvalue weighted by Gasteiger charge is -2.59. The summed E-state index contributed by atoms with van der Waals surface area (Å²) in [6.07, 6.45) is 13.7. The van der Waals surface area contributed by atoms with Crippen LogP contribution in [0.15, 0.2) is 0 Å². The molecule has 0 aromatic carbocycles. The average Bonchev–Trinajstić information content (AvgIpc) is 3.30. The highest BCUT2D eigenvalue weighted by molar-refractivity contribution is 7.88. The van der Waals surface area contributed by atoms with Gasteiger partial charge in [-0.15, -0.1) is 0 Å². The lowest BCUT2D eigenvalue weighted by Crippen LogP contribution is -2.54. The average molecular weight is 468 g/mol. The van der Waals surface area contributed by atoms with Gasteiger partial charge < -0.3 is 9.84 Å². The summed E-state index contributed by atoms with van der Waals surface area (Å²) in [4.78, 5) is 0. The molecule has 10 atom stereocenters. The van der Waals surface area contributed by atoms with E-state index in [0.717, 1.165) is 24.7 Å². The fraction of sp³-hybridized carbons (Fsp3) is 1.00. The fourth-order valence-corrected chi connectivity index (χ4v) is 11.2. The number of hydrogen-bond donors (Lipinski definition) is 2. The third kappa shape index (κ3) is 2.82. The molecule has 2 N–H and O–H groups in total. The van der Waals surface area contributed by atoms with Crippen LogP contribution in [-0.4, -0.2) is 44.6 Å². The molecule has 184 valence electrons. The van der Waals surface area contributed by atoms with E-state index in [4.69, 9.17) is 4.74 Å². The molecule has 0 bridgehead atoms. The monoisotopic (exact) mass is 467 g/mol. The number of hydrogen-bond acceptors (Lipinski definition) is 4. The van der Waals surface area contributed by atoms with Gasteiger partial charge in [-0.25, -0.2) is 13.1 Å². The summed E-state index contributed by atoms with van der Waals surface area (Å²) in [6.45, 7) is 7.67. The van der Waals surface area contributed by atoms with Crippen molar-refractivity contribution in [2.75, 3.05) is 12.8 Å². The maximum absolute atomic E-state index is 11.6. The number of aliphatic hydroxyl groups is 1. The van der Waals surface area contributed by atoms with E-state index in [0.29, 0.717) is 40.7 Å². The highest BCUT2D eigenvalue weighted by Gasteiger charge is 2.80. The van der Waals surface area contributed by atoms with E-state index < -0.39 is 10.0 Å². The number of rotatable bonds is 3. The minimum absolute atomic E-state index is 0. The van der Waals surface area contributed by atoms with Gasteiger partial charge in [0.05, 0.1) is 24.6 Å². The van der Waals surface area contributed by atoms with Crippen LogP contribution in [0.3, 0.4) is 0 Å². The molecule has 6 fully saturated rings. The minimum Gasteiger partial charge on any atom is -0.393 e. The van der Waals surface area contributed by atoms with Crippen molar-refractivity contribution in [2.45, 2.75) is 103 Å². The minimum atomic E-state index is -3.17. The molecular weight excluding hydrogens is 422 g/mol. The van der Waals surface area contributed by atoms with Crippen LogP contribution in [0.2, 0.25) is 0 Å². The van der Waals surface area contributed by atoms with Crippen molar-refractivity contribution >= 4 is 10.0 Å². The predicted octanol–water partition coefficient (Wildman–Crippen LogP) is 4.35. The van der Waals surface area contributed by atoms with Gasteiger partial charge in [0.2, 0.25) is 10.0 Å². The topological polar surface area (TPSA) is 75.6 Å². The van der Waals surface area contributed by atoms with Crippen molar-refractivity contribution in [3.63, 3.8) is 0 Å². The van der Waals surface area contributed by atoms with Gasteiger partial charge in [0, 0.05) is 7.97 Å². The second-order valence-electron chi connectivity index (χ2n) is 13.6. The molecule has 6 rings (SSSR count). The number of fused-ring (bicyclic) bond motifs is 4. The predicted molar refractivity (Wildman–Crippen MR) is 127 cm³/mol. The van der Waals surface area contributed by atoms with Gasteiger partial charge in [0.25, 0.3) is 0 Å². The van der Waals surface area contributed by atoms with Gasteiger partial charge in [0.1, 0.15) is 0 Å². The quantitative estimate of drug-likeness (QED) is 0.647. The molecule has 8 unspecified atom stereocenters. The second-order valence-corrected chi connectivity index (χ2v) is 15.4. The van der Waals surface area contributed by atoms with Crippen LogP contribution in [-0.2, 0) is 14.8 Å². The van der Waals surface area contributed by atoms with Crippen LogP contribution in [0.4, 0.5) is 0 Å². The third-order valence-corrected chi connectivity index (χ3v) is 12.9. The molecule has 1 saturated heterocycles. The maximum Gasteiger partial charge on any atom is 0.208 e. The van der Waals surface area contributed by atoms with Gasteiger partial charge in [-0.05, 0) is 110 Å². The first-order valence-electron chi connectivity index (χ1n) is 13.2. The van der Waals surface area contributed by atoms with Crippen molar-refractivity contribution < 1.29 is 19.7 Å². The highest BCUT2D eigenvalue weighted by atomic mass is 32.2. The van der Waals surface area contributed by atoms with Crippen LogP contribution in [0, 0.1) is 45.3 Å². The van der Waals surface area contributed by atoms with Crippen molar-refractivity contribution in [2.24, 2.45) is 45.3 Å². The molecule has 0 radical (unpaired) electrons. The third-order valence-electron chi connectivity index (χ3n) is 12.2. The fourth-order valence-electron chi connectivity index (χ4n) is 10.7. The largest absolute Gasteiger partial charge is 0.393 e. The van der Waals surface area contributed by atoms with Crippen LogP contribution in [0.25, 0.3) is 0 Å². The molecule has 0 aromatic heterocycles. The molecule has 5 nitrogen and oxygen atoms in total. The normalized spacial score (nSPS) is 55.7. The van der Waals surface area contributed by atoms with E-state index in [-0.39, 0.29) is 19.0 Å². The van der Waals surface area contributed by atoms with E-state index >= 15 is 0 Å². The SMILES string of the molecule is CC12CC[C@@]34CC35CC[C@H](O)C(C)(C)C5CCC4C1CC1OC(CNS(C)(=O)=O)CCC12.[HH]. The first kappa shape index (κ1) is 22.3. The summed E-state index contributed by atoms with van der Waals surface area (Å²) < 4.78 is 32.4. The summed E-state index contributed by atoms with van der Waals surface area (Å²) in [6, 6.07) is 0. The molecule has 0 aromatic rings. The Kier molecular flexibility index (Phi) is 4.69. The van der Waals surface area contributed by atoms with Crippen LogP contribution in [0.1, 0.15) is 86.4 Å². The number of nitrogens with one attached hydrogen (secondary N) is 1. The lowest BCUT2D eigenvalue weighted by molar-refractivity contribution is -0.134. The Morgan fingerprint density at radius 2 is 1.72 bits per heavy atom. The summed E-state index contributed by atoms with van der Waals surface area (Å²) in [5.41, 5.74) is 1.47. The maximum atomic E-state index is 11.6. The number of sulfonamides is 1. The van der Waals surface area contributed by atoms with Crippen LogP contribution in [0.5, 0.6) is 0 Å². The van der Waals surface area contributed by atoms with E-state index in [1.807, 2.05) is 0 Å². The second kappa shape index (κ2) is 6.73. The smallest absolute Gasteiger partial charge is 0.208 e. The van der Waals surface area contributed by atoms with Gasteiger partial charge in [-0.1, -0.05) is 20.8 Å². The molecular formula is C26H45NO4S. The molecule has 32 heavy (non-hydrogen) atoms. The number of aliphatic hydroxyl groups excluding tert-OH is 1. The Morgan fingerprint density at radius 3 is 2.47 bits per heavy atom. The lowest BCUT2D eigenvalue weighted by atomic mass is 9.46. The zero-order valence-corrected chi connectivity index (χ0v) is 21.2. The summed E-state index contributed by atoms with van der Waals surface area (Å²) in [7, 11) is -3.17. The Balaban J connectivity index is 0.00000228. The Labute approximate surface area is 196 Å². The van der Waals surface area contributed by atoms with Crippen molar-refractivity contribution in [1.82, 2.24) is 4.72 Å². The van der Waals surface area contributed by atoms with Crippen LogP contribution >= 0.6 is 0 Å². The molecule has 5 aliphatic carbocycles. The van der Waals surface area contributed by atoms with Crippen molar-refractivity contribution in [1.29, 1.82) is 0 Å². The highest BCUT2D eigenvalue weighted by Crippen LogP contribution is 2.87. The first-order chi connectivity index (χ1) is 14.9. The molecule has 1 aliphatic heterocycles. The Morgan fingerprint density at radius 1 is 0.969 bits per heavy atom. The van der Waals surface area contributed by atoms with E-state index in [9.17, 15) is 13.5 Å². The van der Waals surface area contributed by atoms with E-state index in [1.54, 1.807) is 0 Å². The van der Waals surface area contributed by atoms with Gasteiger partial charge >= 0.3 is 0 Å². The van der Waals surface area contributed by atoms with Gasteiger partial charge in [0.15, 0.2) is 0 Å². The zero-order chi connectivity index (χ0) is 22.7. The molecule has 1 heterocycles. The molecule has 6 aliphatic rings. The van der Waals surface area contributed by atoms with E-state index in [2.05, 4.69) is 25.5 Å². The first-order valence-corrected chi connectivity index (χ1v) is 15.1. The molecule has 0 amide bonds. The van der Waals surface area contributed by atoms with Crippen molar-refractivity contribution in [3.8, 4) is 0 Å². The van der Waals surface area contributed by atoms with Gasteiger partial charge in [-0.2, -0.15) is 0 Å². The number of ether oxygens (including phenoxy) is 1. The molecule has 2 spiro atoms. The van der Waals surface area contributed by atoms with Gasteiger partial charge in [-0.3, -0.25) is 0 Å².